The number of piperidine rings is 1. The molecule has 1 fully saturated rings. The molecule has 1 saturated heterocycles. The summed E-state index contributed by atoms with van der Waals surface area (Å²) < 4.78 is 14.7. The number of fused-ring (bicyclic) bond motifs is 1. The highest BCUT2D eigenvalue weighted by Crippen LogP contribution is 2.32. The lowest BCUT2D eigenvalue weighted by atomic mass is 9.96. The molecule has 4 rings (SSSR count). The molecule has 4 nitrogen and oxygen atoms in total. The summed E-state index contributed by atoms with van der Waals surface area (Å²) in [6, 6.07) is 12.9. The quantitative estimate of drug-likeness (QED) is 0.624. The number of anilines is 2. The summed E-state index contributed by atoms with van der Waals surface area (Å²) in [5.74, 6) is -0.216. The molecule has 1 N–H and O–H groups in total. The van der Waals surface area contributed by atoms with Crippen LogP contribution in [-0.2, 0) is 4.79 Å². The number of hydrogen-bond acceptors (Lipinski definition) is 5. The Balaban J connectivity index is 1.37. The molecule has 2 heterocycles. The molecule has 3 aromatic rings. The molecule has 0 atom stereocenters. The highest BCUT2D eigenvalue weighted by atomic mass is 32.2. The lowest BCUT2D eigenvalue weighted by Gasteiger charge is -2.31. The third kappa shape index (κ3) is 3.94. The van der Waals surface area contributed by atoms with E-state index in [9.17, 15) is 9.18 Å². The van der Waals surface area contributed by atoms with Crippen molar-refractivity contribution in [1.82, 2.24) is 4.98 Å². The number of thioether (sulfide) groups is 1. The summed E-state index contributed by atoms with van der Waals surface area (Å²) in [4.78, 5) is 20.3. The molecule has 7 heteroatoms. The van der Waals surface area contributed by atoms with Crippen molar-refractivity contribution in [2.24, 2.45) is 5.92 Å². The minimum absolute atomic E-state index is 0.00686. The highest BCUT2D eigenvalue weighted by Gasteiger charge is 2.26. The molecule has 27 heavy (non-hydrogen) atoms. The van der Waals surface area contributed by atoms with Gasteiger partial charge in [0.15, 0.2) is 5.13 Å². The summed E-state index contributed by atoms with van der Waals surface area (Å²) in [7, 11) is 0. The van der Waals surface area contributed by atoms with E-state index < -0.39 is 0 Å². The molecular formula is C20H20FN3OS2. The molecule has 1 aliphatic rings. The monoisotopic (exact) mass is 401 g/mol. The van der Waals surface area contributed by atoms with Crippen molar-refractivity contribution in [3.8, 4) is 0 Å². The van der Waals surface area contributed by atoms with Crippen LogP contribution < -0.4 is 10.2 Å². The number of amides is 1. The molecule has 0 bridgehead atoms. The van der Waals surface area contributed by atoms with Gasteiger partial charge in [0.25, 0.3) is 0 Å². The van der Waals surface area contributed by atoms with Gasteiger partial charge in [0.05, 0.1) is 4.70 Å². The van der Waals surface area contributed by atoms with E-state index >= 15 is 0 Å². The molecule has 0 unspecified atom stereocenters. The van der Waals surface area contributed by atoms with Crippen molar-refractivity contribution >= 4 is 50.0 Å². The highest BCUT2D eigenvalue weighted by molar-refractivity contribution is 7.98. The van der Waals surface area contributed by atoms with E-state index in [1.807, 2.05) is 36.6 Å². The third-order valence-electron chi connectivity index (χ3n) is 4.85. The predicted molar refractivity (Wildman–Crippen MR) is 111 cm³/mol. The first-order valence-corrected chi connectivity index (χ1v) is 10.9. The number of nitrogens with one attached hydrogen (secondary N) is 1. The molecule has 1 amide bonds. The Hall–Kier alpha value is -2.12. The van der Waals surface area contributed by atoms with Crippen molar-refractivity contribution in [2.75, 3.05) is 29.6 Å². The van der Waals surface area contributed by atoms with E-state index in [4.69, 9.17) is 0 Å². The molecule has 0 spiro atoms. The van der Waals surface area contributed by atoms with Gasteiger partial charge in [-0.1, -0.05) is 17.4 Å². The molecule has 1 aliphatic heterocycles. The Morgan fingerprint density at radius 3 is 2.63 bits per heavy atom. The van der Waals surface area contributed by atoms with Crippen LogP contribution in [0.15, 0.2) is 47.4 Å². The van der Waals surface area contributed by atoms with Gasteiger partial charge in [-0.15, -0.1) is 11.8 Å². The smallest absolute Gasteiger partial charge is 0.227 e. The van der Waals surface area contributed by atoms with Crippen LogP contribution in [0.3, 0.4) is 0 Å². The maximum absolute atomic E-state index is 13.9. The van der Waals surface area contributed by atoms with Gasteiger partial charge in [-0.2, -0.15) is 0 Å². The predicted octanol–water partition coefficient (Wildman–Crippen LogP) is 5.01. The number of halogens is 1. The van der Waals surface area contributed by atoms with Crippen LogP contribution in [0.2, 0.25) is 0 Å². The van der Waals surface area contributed by atoms with E-state index in [0.29, 0.717) is 5.52 Å². The van der Waals surface area contributed by atoms with E-state index in [2.05, 4.69) is 15.2 Å². The summed E-state index contributed by atoms with van der Waals surface area (Å²) in [5, 5.41) is 3.85. The number of benzene rings is 2. The van der Waals surface area contributed by atoms with Crippen LogP contribution in [0.5, 0.6) is 0 Å². The van der Waals surface area contributed by atoms with Crippen LogP contribution in [0, 0.1) is 11.7 Å². The second-order valence-corrected chi connectivity index (χ2v) is 8.45. The van der Waals surface area contributed by atoms with Gasteiger partial charge in [0, 0.05) is 29.6 Å². The topological polar surface area (TPSA) is 45.2 Å². The molecule has 0 saturated carbocycles. The van der Waals surface area contributed by atoms with Crippen LogP contribution in [0.4, 0.5) is 15.2 Å². The van der Waals surface area contributed by atoms with Crippen LogP contribution in [-0.4, -0.2) is 30.2 Å². The molecule has 1 aromatic heterocycles. The van der Waals surface area contributed by atoms with Crippen LogP contribution in [0.1, 0.15) is 12.8 Å². The first kappa shape index (κ1) is 18.3. The van der Waals surface area contributed by atoms with Gasteiger partial charge >= 0.3 is 0 Å². The van der Waals surface area contributed by atoms with E-state index in [1.54, 1.807) is 17.8 Å². The van der Waals surface area contributed by atoms with Crippen molar-refractivity contribution in [3.63, 3.8) is 0 Å². The number of carbonyl (C=O) groups is 1. The zero-order valence-corrected chi connectivity index (χ0v) is 16.6. The average Bonchev–Trinajstić information content (AvgIpc) is 3.14. The van der Waals surface area contributed by atoms with Crippen molar-refractivity contribution in [2.45, 2.75) is 17.7 Å². The average molecular weight is 402 g/mol. The SMILES string of the molecule is CSc1ccc(NC(=O)C2CCN(c3nc4c(F)cccc4s3)CC2)cc1. The summed E-state index contributed by atoms with van der Waals surface area (Å²) in [5.41, 5.74) is 1.27. The Morgan fingerprint density at radius 2 is 1.96 bits per heavy atom. The lowest BCUT2D eigenvalue weighted by molar-refractivity contribution is -0.120. The van der Waals surface area contributed by atoms with Gasteiger partial charge in [0.1, 0.15) is 11.3 Å². The Bertz CT molecular complexity index is 950. The minimum Gasteiger partial charge on any atom is -0.348 e. The largest absolute Gasteiger partial charge is 0.348 e. The normalized spacial score (nSPS) is 15.3. The van der Waals surface area contributed by atoms with E-state index in [1.165, 1.54) is 22.3 Å². The van der Waals surface area contributed by atoms with E-state index in [0.717, 1.165) is 41.5 Å². The fourth-order valence-electron chi connectivity index (χ4n) is 3.29. The molecule has 140 valence electrons. The fourth-order valence-corrected chi connectivity index (χ4v) is 4.73. The zero-order chi connectivity index (χ0) is 18.8. The zero-order valence-electron chi connectivity index (χ0n) is 14.9. The fraction of sp³-hybridized carbons (Fsp3) is 0.300. The number of rotatable bonds is 4. The first-order valence-electron chi connectivity index (χ1n) is 8.89. The summed E-state index contributed by atoms with van der Waals surface area (Å²) >= 11 is 3.18. The molecular weight excluding hydrogens is 381 g/mol. The standard InChI is InChI=1S/C20H20FN3OS2/c1-26-15-7-5-14(6-8-15)22-19(25)13-9-11-24(12-10-13)20-23-18-16(21)3-2-4-17(18)27-20/h2-8,13H,9-12H2,1H3,(H,22,25). The lowest BCUT2D eigenvalue weighted by Crippen LogP contribution is -2.38. The Labute approximate surface area is 165 Å². The second-order valence-electron chi connectivity index (χ2n) is 6.56. The van der Waals surface area contributed by atoms with Gasteiger partial charge in [-0.05, 0) is 55.5 Å². The first-order chi connectivity index (χ1) is 13.1. The van der Waals surface area contributed by atoms with Crippen LogP contribution in [0.25, 0.3) is 10.2 Å². The van der Waals surface area contributed by atoms with Crippen molar-refractivity contribution < 1.29 is 9.18 Å². The summed E-state index contributed by atoms with van der Waals surface area (Å²) in [6.45, 7) is 1.51. The number of nitrogens with zero attached hydrogens (tertiary/aromatic N) is 2. The summed E-state index contributed by atoms with van der Waals surface area (Å²) in [6.07, 6.45) is 3.57. The van der Waals surface area contributed by atoms with Gasteiger partial charge in [-0.25, -0.2) is 9.37 Å². The van der Waals surface area contributed by atoms with Crippen molar-refractivity contribution in [3.05, 3.63) is 48.3 Å². The maximum Gasteiger partial charge on any atom is 0.227 e. The molecule has 0 aliphatic carbocycles. The minimum atomic E-state index is -0.281. The number of carbonyl (C=O) groups excluding carboxylic acids is 1. The van der Waals surface area contributed by atoms with E-state index in [-0.39, 0.29) is 17.6 Å². The maximum atomic E-state index is 13.9. The number of thiazole rings is 1. The van der Waals surface area contributed by atoms with Gasteiger partial charge in [-0.3, -0.25) is 4.79 Å². The van der Waals surface area contributed by atoms with Crippen molar-refractivity contribution in [1.29, 1.82) is 0 Å². The number of para-hydroxylation sites is 1. The third-order valence-corrected chi connectivity index (χ3v) is 6.68. The number of hydrogen-bond donors (Lipinski definition) is 1. The molecule has 0 radical (unpaired) electrons. The van der Waals surface area contributed by atoms with Gasteiger partial charge < -0.3 is 10.2 Å². The molecule has 2 aromatic carbocycles. The Kier molecular flexibility index (Phi) is 5.31. The Morgan fingerprint density at radius 1 is 1.22 bits per heavy atom. The van der Waals surface area contributed by atoms with Gasteiger partial charge in [0.2, 0.25) is 5.91 Å². The second kappa shape index (κ2) is 7.86. The number of aromatic nitrogens is 1. The van der Waals surface area contributed by atoms with Crippen LogP contribution >= 0.6 is 23.1 Å².